The fourth-order valence-electron chi connectivity index (χ4n) is 1.68. The quantitative estimate of drug-likeness (QED) is 0.748. The van der Waals surface area contributed by atoms with E-state index in [0.717, 1.165) is 0 Å². The number of fused-ring (bicyclic) bond motifs is 1. The molecule has 1 aliphatic rings. The van der Waals surface area contributed by atoms with E-state index in [-0.39, 0.29) is 12.1 Å². The van der Waals surface area contributed by atoms with E-state index in [9.17, 15) is 8.78 Å². The van der Waals surface area contributed by atoms with E-state index < -0.39 is 18.6 Å². The zero-order valence-corrected chi connectivity index (χ0v) is 7.54. The van der Waals surface area contributed by atoms with Gasteiger partial charge in [0.05, 0.1) is 6.10 Å². The lowest BCUT2D eigenvalue weighted by Gasteiger charge is -2.30. The zero-order valence-electron chi connectivity index (χ0n) is 7.54. The van der Waals surface area contributed by atoms with Gasteiger partial charge in [-0.1, -0.05) is 24.3 Å². The Hall–Kier alpha value is -1.00. The first-order valence-corrected chi connectivity index (χ1v) is 4.44. The minimum absolute atomic E-state index is 0.0432. The van der Waals surface area contributed by atoms with E-state index in [1.165, 1.54) is 6.07 Å². The van der Waals surface area contributed by atoms with Crippen molar-refractivity contribution in [3.05, 3.63) is 35.4 Å². The molecule has 1 atom stereocenters. The fourth-order valence-corrected chi connectivity index (χ4v) is 1.68. The van der Waals surface area contributed by atoms with Crippen molar-refractivity contribution in [1.29, 1.82) is 0 Å². The topological polar surface area (TPSA) is 35.2 Å². The molecule has 2 N–H and O–H groups in total. The lowest BCUT2D eigenvalue weighted by atomic mass is 9.95. The number of benzene rings is 1. The van der Waals surface area contributed by atoms with Crippen molar-refractivity contribution in [3.8, 4) is 0 Å². The molecule has 2 rings (SSSR count). The van der Waals surface area contributed by atoms with Crippen LogP contribution in [0.2, 0.25) is 0 Å². The summed E-state index contributed by atoms with van der Waals surface area (Å²) in [6.45, 7) is -0.348. The minimum atomic E-state index is -2.89. The highest BCUT2D eigenvalue weighted by molar-refractivity contribution is 5.34. The maximum atomic E-state index is 13.3. The molecule has 0 aliphatic carbocycles. The first-order valence-electron chi connectivity index (χ1n) is 4.44. The highest BCUT2D eigenvalue weighted by atomic mass is 19.3. The average Bonchev–Trinajstić information content (AvgIpc) is 2.18. The van der Waals surface area contributed by atoms with Crippen molar-refractivity contribution >= 4 is 0 Å². The van der Waals surface area contributed by atoms with Crippen molar-refractivity contribution in [1.82, 2.24) is 0 Å². The molecule has 0 saturated heterocycles. The van der Waals surface area contributed by atoms with Gasteiger partial charge in [0.1, 0.15) is 6.61 Å². The molecule has 0 fully saturated rings. The number of alkyl halides is 2. The van der Waals surface area contributed by atoms with E-state index >= 15 is 0 Å². The first kappa shape index (κ1) is 9.55. The van der Waals surface area contributed by atoms with Crippen molar-refractivity contribution in [3.63, 3.8) is 0 Å². The van der Waals surface area contributed by atoms with Crippen molar-refractivity contribution in [2.45, 2.75) is 12.0 Å². The average molecular weight is 199 g/mol. The summed E-state index contributed by atoms with van der Waals surface area (Å²) in [4.78, 5) is 0. The SMILES string of the molecule is NC[C@H]1OCC(F)(F)c2ccccc21. The molecule has 14 heavy (non-hydrogen) atoms. The third kappa shape index (κ3) is 1.40. The van der Waals surface area contributed by atoms with Gasteiger partial charge >= 0.3 is 0 Å². The number of hydrogen-bond acceptors (Lipinski definition) is 2. The van der Waals surface area contributed by atoms with Crippen LogP contribution in [0.25, 0.3) is 0 Å². The van der Waals surface area contributed by atoms with Crippen molar-refractivity contribution < 1.29 is 13.5 Å². The second kappa shape index (κ2) is 3.29. The van der Waals surface area contributed by atoms with Crippen LogP contribution in [0.4, 0.5) is 8.78 Å². The smallest absolute Gasteiger partial charge is 0.296 e. The number of ether oxygens (including phenoxy) is 1. The maximum Gasteiger partial charge on any atom is 0.296 e. The van der Waals surface area contributed by atoms with Crippen molar-refractivity contribution in [2.75, 3.05) is 13.2 Å². The molecular formula is C10H11F2NO. The van der Waals surface area contributed by atoms with Crippen LogP contribution in [0, 0.1) is 0 Å². The van der Waals surface area contributed by atoms with Crippen LogP contribution >= 0.6 is 0 Å². The molecular weight excluding hydrogens is 188 g/mol. The first-order chi connectivity index (χ1) is 6.65. The van der Waals surface area contributed by atoms with Gasteiger partial charge in [-0.25, -0.2) is 0 Å². The van der Waals surface area contributed by atoms with Gasteiger partial charge in [-0.2, -0.15) is 8.78 Å². The Morgan fingerprint density at radius 3 is 2.86 bits per heavy atom. The largest absolute Gasteiger partial charge is 0.366 e. The lowest BCUT2D eigenvalue weighted by Crippen LogP contribution is -2.33. The Morgan fingerprint density at radius 2 is 2.14 bits per heavy atom. The van der Waals surface area contributed by atoms with E-state index in [2.05, 4.69) is 0 Å². The number of halogens is 2. The summed E-state index contributed by atoms with van der Waals surface area (Å²) in [7, 11) is 0. The molecule has 2 nitrogen and oxygen atoms in total. The Labute approximate surface area is 80.7 Å². The van der Waals surface area contributed by atoms with E-state index in [1.54, 1.807) is 18.2 Å². The van der Waals surface area contributed by atoms with E-state index in [1.807, 2.05) is 0 Å². The third-order valence-electron chi connectivity index (χ3n) is 2.38. The summed E-state index contributed by atoms with van der Waals surface area (Å²) < 4.78 is 31.7. The predicted molar refractivity (Wildman–Crippen MR) is 48.1 cm³/mol. The summed E-state index contributed by atoms with van der Waals surface area (Å²) in [6, 6.07) is 6.39. The maximum absolute atomic E-state index is 13.3. The molecule has 0 unspecified atom stereocenters. The summed E-state index contributed by atoms with van der Waals surface area (Å²) in [5, 5.41) is 0. The molecule has 0 amide bonds. The molecule has 1 heterocycles. The van der Waals surface area contributed by atoms with Crippen LogP contribution in [-0.4, -0.2) is 13.2 Å². The molecule has 0 bridgehead atoms. The van der Waals surface area contributed by atoms with Gasteiger partial charge in [0.15, 0.2) is 0 Å². The third-order valence-corrected chi connectivity index (χ3v) is 2.38. The molecule has 1 aliphatic heterocycles. The monoisotopic (exact) mass is 199 g/mol. The molecule has 0 spiro atoms. The Balaban J connectivity index is 2.49. The van der Waals surface area contributed by atoms with Crippen molar-refractivity contribution in [2.24, 2.45) is 5.73 Å². The molecule has 1 aromatic carbocycles. The van der Waals surface area contributed by atoms with E-state index in [4.69, 9.17) is 10.5 Å². The van der Waals surface area contributed by atoms with Crippen LogP contribution < -0.4 is 5.73 Å². The lowest BCUT2D eigenvalue weighted by molar-refractivity contribution is -0.122. The number of nitrogens with two attached hydrogens (primary N) is 1. The van der Waals surface area contributed by atoms with Gasteiger partial charge in [-0.05, 0) is 5.56 Å². The van der Waals surface area contributed by atoms with Gasteiger partial charge in [0, 0.05) is 12.1 Å². The Bertz CT molecular complexity index is 341. The Morgan fingerprint density at radius 1 is 1.43 bits per heavy atom. The van der Waals surface area contributed by atoms with Crippen LogP contribution in [0.5, 0.6) is 0 Å². The van der Waals surface area contributed by atoms with Gasteiger partial charge in [-0.3, -0.25) is 0 Å². The fraction of sp³-hybridized carbons (Fsp3) is 0.400. The van der Waals surface area contributed by atoms with Crippen LogP contribution in [0.3, 0.4) is 0 Å². The summed E-state index contributed by atoms with van der Waals surface area (Å²) >= 11 is 0. The summed E-state index contributed by atoms with van der Waals surface area (Å²) in [5.41, 5.74) is 5.99. The molecule has 0 aromatic heterocycles. The second-order valence-electron chi connectivity index (χ2n) is 3.33. The van der Waals surface area contributed by atoms with E-state index in [0.29, 0.717) is 5.56 Å². The molecule has 0 radical (unpaired) electrons. The summed E-state index contributed by atoms with van der Waals surface area (Å²) in [5.74, 6) is -2.89. The molecule has 1 aromatic rings. The Kier molecular flexibility index (Phi) is 2.25. The normalized spacial score (nSPS) is 24.4. The number of hydrogen-bond donors (Lipinski definition) is 1. The molecule has 4 heteroatoms. The van der Waals surface area contributed by atoms with Gasteiger partial charge in [-0.15, -0.1) is 0 Å². The van der Waals surface area contributed by atoms with Gasteiger partial charge in [0.25, 0.3) is 5.92 Å². The predicted octanol–water partition coefficient (Wildman–Crippen LogP) is 1.81. The zero-order chi connectivity index (χ0) is 10.2. The second-order valence-corrected chi connectivity index (χ2v) is 3.33. The van der Waals surface area contributed by atoms with Crippen LogP contribution in [-0.2, 0) is 10.7 Å². The van der Waals surface area contributed by atoms with Crippen LogP contribution in [0.1, 0.15) is 17.2 Å². The van der Waals surface area contributed by atoms with Gasteiger partial charge in [0.2, 0.25) is 0 Å². The van der Waals surface area contributed by atoms with Gasteiger partial charge < -0.3 is 10.5 Å². The van der Waals surface area contributed by atoms with Crippen LogP contribution in [0.15, 0.2) is 24.3 Å². The number of rotatable bonds is 1. The highest BCUT2D eigenvalue weighted by Crippen LogP contribution is 2.39. The highest BCUT2D eigenvalue weighted by Gasteiger charge is 2.40. The standard InChI is InChI=1S/C10H11F2NO/c11-10(12)6-14-9(5-13)7-3-1-2-4-8(7)10/h1-4,9H,5-6,13H2/t9-/m1/s1. The summed E-state index contributed by atoms with van der Waals surface area (Å²) in [6.07, 6.45) is -0.397. The molecule has 76 valence electrons. The molecule has 0 saturated carbocycles. The minimum Gasteiger partial charge on any atom is -0.366 e.